The van der Waals surface area contributed by atoms with Crippen molar-refractivity contribution in [2.45, 2.75) is 32.5 Å². The van der Waals surface area contributed by atoms with Crippen LogP contribution in [0.3, 0.4) is 0 Å². The van der Waals surface area contributed by atoms with Crippen molar-refractivity contribution in [1.82, 2.24) is 4.90 Å². The summed E-state index contributed by atoms with van der Waals surface area (Å²) in [6, 6.07) is 8.16. The van der Waals surface area contributed by atoms with Gasteiger partial charge < -0.3 is 10.5 Å². The number of nitrogen functional groups attached to an aromatic ring is 1. The van der Waals surface area contributed by atoms with Gasteiger partial charge in [-0.25, -0.2) is 0 Å². The summed E-state index contributed by atoms with van der Waals surface area (Å²) < 4.78 is 5.73. The number of anilines is 1. The monoisotopic (exact) mass is 234 g/mol. The van der Waals surface area contributed by atoms with Crippen molar-refractivity contribution in [1.29, 1.82) is 0 Å². The second-order valence-corrected chi connectivity index (χ2v) is 5.01. The number of hydrogen-bond acceptors (Lipinski definition) is 3. The van der Waals surface area contributed by atoms with Crippen molar-refractivity contribution >= 4 is 5.69 Å². The van der Waals surface area contributed by atoms with E-state index in [9.17, 15) is 0 Å². The molecule has 17 heavy (non-hydrogen) atoms. The highest BCUT2D eigenvalue weighted by Gasteiger charge is 2.21. The lowest BCUT2D eigenvalue weighted by atomic mass is 10.1. The highest BCUT2D eigenvalue weighted by Crippen LogP contribution is 2.12. The smallest absolute Gasteiger partial charge is 0.0678 e. The normalized spacial score (nSPS) is 26.0. The number of nitrogens with zero attached hydrogens (tertiary/aromatic N) is 1. The second-order valence-electron chi connectivity index (χ2n) is 5.01. The fourth-order valence-corrected chi connectivity index (χ4v) is 2.50. The lowest BCUT2D eigenvalue weighted by Crippen LogP contribution is -2.46. The molecule has 0 bridgehead atoms. The van der Waals surface area contributed by atoms with Crippen LogP contribution in [0.25, 0.3) is 0 Å². The van der Waals surface area contributed by atoms with Gasteiger partial charge in [0.15, 0.2) is 0 Å². The largest absolute Gasteiger partial charge is 0.399 e. The van der Waals surface area contributed by atoms with Crippen molar-refractivity contribution in [2.75, 3.05) is 25.4 Å². The van der Waals surface area contributed by atoms with Gasteiger partial charge in [0.2, 0.25) is 0 Å². The Bertz CT molecular complexity index is 357. The first-order chi connectivity index (χ1) is 8.13. The molecule has 2 atom stereocenters. The minimum Gasteiger partial charge on any atom is -0.399 e. The fourth-order valence-electron chi connectivity index (χ4n) is 2.50. The summed E-state index contributed by atoms with van der Waals surface area (Å²) in [7, 11) is 0. The van der Waals surface area contributed by atoms with E-state index in [4.69, 9.17) is 10.5 Å². The van der Waals surface area contributed by atoms with Gasteiger partial charge in [0.25, 0.3) is 0 Å². The number of hydrogen-bond donors (Lipinski definition) is 1. The van der Waals surface area contributed by atoms with E-state index in [0.29, 0.717) is 12.2 Å². The highest BCUT2D eigenvalue weighted by atomic mass is 16.5. The number of morpholine rings is 1. The summed E-state index contributed by atoms with van der Waals surface area (Å²) in [6.07, 6.45) is 1.75. The standard InChI is InChI=1S/C14H22N2O/c1-11-9-16(10-12(2)17-11)7-6-13-4-3-5-14(15)8-13/h3-5,8,11-12H,6-7,9-10,15H2,1-2H3. The van der Waals surface area contributed by atoms with Crippen LogP contribution in [0.1, 0.15) is 19.4 Å². The van der Waals surface area contributed by atoms with Crippen LogP contribution in [0.4, 0.5) is 5.69 Å². The number of nitrogens with two attached hydrogens (primary N) is 1. The first-order valence-corrected chi connectivity index (χ1v) is 6.35. The Morgan fingerprint density at radius 1 is 1.29 bits per heavy atom. The predicted molar refractivity (Wildman–Crippen MR) is 71.0 cm³/mol. The Morgan fingerprint density at radius 3 is 2.65 bits per heavy atom. The van der Waals surface area contributed by atoms with Crippen molar-refractivity contribution in [3.63, 3.8) is 0 Å². The average molecular weight is 234 g/mol. The molecule has 1 aliphatic rings. The molecular weight excluding hydrogens is 212 g/mol. The molecule has 94 valence electrons. The molecule has 0 aromatic heterocycles. The van der Waals surface area contributed by atoms with E-state index in [1.807, 2.05) is 12.1 Å². The SMILES string of the molecule is CC1CN(CCc2cccc(N)c2)CC(C)O1. The van der Waals surface area contributed by atoms with Gasteiger partial charge in [0.05, 0.1) is 12.2 Å². The quantitative estimate of drug-likeness (QED) is 0.812. The van der Waals surface area contributed by atoms with Crippen LogP contribution in [-0.4, -0.2) is 36.7 Å². The topological polar surface area (TPSA) is 38.5 Å². The van der Waals surface area contributed by atoms with E-state index in [-0.39, 0.29) is 0 Å². The van der Waals surface area contributed by atoms with Crippen molar-refractivity contribution in [3.8, 4) is 0 Å². The summed E-state index contributed by atoms with van der Waals surface area (Å²) >= 11 is 0. The van der Waals surface area contributed by atoms with Gasteiger partial charge >= 0.3 is 0 Å². The van der Waals surface area contributed by atoms with Gasteiger partial charge in [-0.15, -0.1) is 0 Å². The molecule has 1 aliphatic heterocycles. The summed E-state index contributed by atoms with van der Waals surface area (Å²) in [5.74, 6) is 0. The van der Waals surface area contributed by atoms with Crippen LogP contribution in [-0.2, 0) is 11.2 Å². The number of ether oxygens (including phenoxy) is 1. The molecule has 0 radical (unpaired) electrons. The predicted octanol–water partition coefficient (Wildman–Crippen LogP) is 1.92. The average Bonchev–Trinajstić information content (AvgIpc) is 2.25. The van der Waals surface area contributed by atoms with Crippen molar-refractivity contribution in [3.05, 3.63) is 29.8 Å². The van der Waals surface area contributed by atoms with Gasteiger partial charge in [0, 0.05) is 25.3 Å². The number of rotatable bonds is 3. The molecule has 1 saturated heterocycles. The van der Waals surface area contributed by atoms with Gasteiger partial charge in [-0.1, -0.05) is 12.1 Å². The first-order valence-electron chi connectivity index (χ1n) is 6.35. The minimum atomic E-state index is 0.347. The van der Waals surface area contributed by atoms with Crippen LogP contribution in [0, 0.1) is 0 Å². The highest BCUT2D eigenvalue weighted by molar-refractivity contribution is 5.40. The molecular formula is C14H22N2O. The summed E-state index contributed by atoms with van der Waals surface area (Å²) in [6.45, 7) is 7.44. The molecule has 0 spiro atoms. The van der Waals surface area contributed by atoms with E-state index in [2.05, 4.69) is 30.9 Å². The summed E-state index contributed by atoms with van der Waals surface area (Å²) in [5, 5.41) is 0. The van der Waals surface area contributed by atoms with E-state index >= 15 is 0 Å². The van der Waals surface area contributed by atoms with Gasteiger partial charge in [-0.2, -0.15) is 0 Å². The van der Waals surface area contributed by atoms with Crippen molar-refractivity contribution < 1.29 is 4.74 Å². The Labute approximate surface area is 104 Å². The zero-order chi connectivity index (χ0) is 12.3. The third kappa shape index (κ3) is 3.72. The third-order valence-electron chi connectivity index (χ3n) is 3.16. The molecule has 0 amide bonds. The van der Waals surface area contributed by atoms with E-state index in [1.54, 1.807) is 0 Å². The fraction of sp³-hybridized carbons (Fsp3) is 0.571. The van der Waals surface area contributed by atoms with Gasteiger partial charge in [0.1, 0.15) is 0 Å². The molecule has 2 unspecified atom stereocenters. The molecule has 0 aliphatic carbocycles. The zero-order valence-corrected chi connectivity index (χ0v) is 10.7. The van der Waals surface area contributed by atoms with Crippen LogP contribution >= 0.6 is 0 Å². The number of benzene rings is 1. The molecule has 2 rings (SSSR count). The van der Waals surface area contributed by atoms with Crippen molar-refractivity contribution in [2.24, 2.45) is 0 Å². The maximum absolute atomic E-state index is 5.78. The molecule has 1 fully saturated rings. The molecule has 0 saturated carbocycles. The van der Waals surface area contributed by atoms with Crippen LogP contribution in [0.5, 0.6) is 0 Å². The maximum atomic E-state index is 5.78. The Hall–Kier alpha value is -1.06. The Balaban J connectivity index is 1.85. The van der Waals surface area contributed by atoms with Gasteiger partial charge in [-0.3, -0.25) is 4.90 Å². The molecule has 3 nitrogen and oxygen atoms in total. The van der Waals surface area contributed by atoms with Crippen LogP contribution < -0.4 is 5.73 Å². The molecule has 1 aromatic carbocycles. The Kier molecular flexibility index (Phi) is 4.02. The van der Waals surface area contributed by atoms with Crippen LogP contribution in [0.15, 0.2) is 24.3 Å². The molecule has 1 aromatic rings. The summed E-state index contributed by atoms with van der Waals surface area (Å²) in [4.78, 5) is 2.47. The van der Waals surface area contributed by atoms with Gasteiger partial charge in [-0.05, 0) is 38.0 Å². The lowest BCUT2D eigenvalue weighted by molar-refractivity contribution is -0.0675. The second kappa shape index (κ2) is 5.52. The van der Waals surface area contributed by atoms with E-state index in [0.717, 1.165) is 31.7 Å². The minimum absolute atomic E-state index is 0.347. The third-order valence-corrected chi connectivity index (χ3v) is 3.16. The van der Waals surface area contributed by atoms with E-state index in [1.165, 1.54) is 5.56 Å². The lowest BCUT2D eigenvalue weighted by Gasteiger charge is -2.35. The Morgan fingerprint density at radius 2 is 2.00 bits per heavy atom. The van der Waals surface area contributed by atoms with Crippen LogP contribution in [0.2, 0.25) is 0 Å². The zero-order valence-electron chi connectivity index (χ0n) is 10.7. The molecule has 1 heterocycles. The maximum Gasteiger partial charge on any atom is 0.0678 e. The molecule has 3 heteroatoms. The summed E-state index contributed by atoms with van der Waals surface area (Å²) in [5.41, 5.74) is 7.95. The van der Waals surface area contributed by atoms with E-state index < -0.39 is 0 Å². The first kappa shape index (κ1) is 12.4. The molecule has 2 N–H and O–H groups in total.